The lowest BCUT2D eigenvalue weighted by atomic mass is 9.48. The molecule has 0 aromatic heterocycles. The molecule has 2 amide bonds. The van der Waals surface area contributed by atoms with Crippen molar-refractivity contribution in [2.24, 2.45) is 28.6 Å². The van der Waals surface area contributed by atoms with Gasteiger partial charge in [0.25, 0.3) is 5.91 Å². The van der Waals surface area contributed by atoms with Crippen LogP contribution in [0.25, 0.3) is 0 Å². The fourth-order valence-electron chi connectivity index (χ4n) is 7.92. The molecule has 5 rings (SSSR count). The Hall–Kier alpha value is -2.10. The molecule has 31 heavy (non-hydrogen) atoms. The normalized spacial score (nSPS) is 41.4. The van der Waals surface area contributed by atoms with Crippen LogP contribution >= 0.6 is 0 Å². The number of aryl methyl sites for hydroxylation is 1. The Kier molecular flexibility index (Phi) is 4.84. The summed E-state index contributed by atoms with van der Waals surface area (Å²) >= 11 is 0. The van der Waals surface area contributed by atoms with Crippen LogP contribution in [0.2, 0.25) is 0 Å². The molecule has 0 saturated heterocycles. The topological polar surface area (TPSA) is 49.4 Å². The first-order chi connectivity index (χ1) is 14.7. The maximum Gasteiger partial charge on any atom is 0.251 e. The van der Waals surface area contributed by atoms with Crippen LogP contribution in [0.4, 0.5) is 0 Å². The molecule has 3 aliphatic carbocycles. The number of hydrogen-bond acceptors (Lipinski definition) is 2. The first kappa shape index (κ1) is 20.8. The van der Waals surface area contributed by atoms with Crippen LogP contribution in [-0.2, 0) is 4.79 Å². The molecule has 1 aromatic carbocycles. The van der Waals surface area contributed by atoms with Gasteiger partial charge in [0, 0.05) is 30.1 Å². The van der Waals surface area contributed by atoms with Gasteiger partial charge in [-0.2, -0.15) is 0 Å². The molecule has 1 aromatic rings. The summed E-state index contributed by atoms with van der Waals surface area (Å²) in [6, 6.07) is 8.48. The fourth-order valence-corrected chi connectivity index (χ4v) is 7.92. The van der Waals surface area contributed by atoms with Crippen LogP contribution in [0.1, 0.15) is 68.3 Å². The average Bonchev–Trinajstić information content (AvgIpc) is 3.08. The molecule has 166 valence electrons. The highest BCUT2D eigenvalue weighted by Gasteiger charge is 2.60. The Morgan fingerprint density at radius 3 is 2.52 bits per heavy atom. The number of carbonyl (C=O) groups excluding carboxylic acids is 2. The van der Waals surface area contributed by atoms with Gasteiger partial charge in [0.05, 0.1) is 0 Å². The molecular weight excluding hydrogens is 384 g/mol. The van der Waals surface area contributed by atoms with Gasteiger partial charge in [-0.05, 0) is 86.8 Å². The molecule has 7 atom stereocenters. The van der Waals surface area contributed by atoms with Crippen LogP contribution in [-0.4, -0.2) is 35.8 Å². The highest BCUT2D eigenvalue weighted by atomic mass is 16.2. The molecule has 4 aliphatic rings. The number of hydrogen-bond donors (Lipinski definition) is 1. The van der Waals surface area contributed by atoms with Crippen LogP contribution in [0, 0.1) is 35.5 Å². The lowest BCUT2D eigenvalue weighted by Crippen LogP contribution is -2.60. The summed E-state index contributed by atoms with van der Waals surface area (Å²) < 4.78 is 0. The molecule has 4 heteroatoms. The average molecular weight is 421 g/mol. The number of fused-ring (bicyclic) bond motifs is 5. The standard InChI is InChI=1S/C27H36N2O2/c1-17-5-7-18(8-6-17)25(31)28-22-11-10-20-19-9-12-23-27(3,16-14-24(30)29(23)4)21(19)13-15-26(20,22)2/h5-8,14,16,19-23H,9-13,15H2,1-4H3,(H,28,31)/t19-,20-,21-,22-,23+,26-,27+/m0/s1. The van der Waals surface area contributed by atoms with Crippen molar-refractivity contribution >= 4 is 11.8 Å². The van der Waals surface area contributed by atoms with Crippen molar-refractivity contribution in [3.63, 3.8) is 0 Å². The second-order valence-electron chi connectivity index (χ2n) is 11.1. The van der Waals surface area contributed by atoms with Gasteiger partial charge >= 0.3 is 0 Å². The molecular formula is C27H36N2O2. The number of carbonyl (C=O) groups is 2. The van der Waals surface area contributed by atoms with E-state index >= 15 is 0 Å². The van der Waals surface area contributed by atoms with Gasteiger partial charge in [0.15, 0.2) is 0 Å². The fraction of sp³-hybridized carbons (Fsp3) is 0.630. The van der Waals surface area contributed by atoms with Gasteiger partial charge in [-0.1, -0.05) is 37.6 Å². The summed E-state index contributed by atoms with van der Waals surface area (Å²) in [5.41, 5.74) is 2.19. The number of likely N-dealkylation sites (N-methyl/N-ethyl adjacent to an activating group) is 1. The molecule has 0 unspecified atom stereocenters. The Labute approximate surface area is 186 Å². The minimum atomic E-state index is 0.0695. The minimum Gasteiger partial charge on any atom is -0.349 e. The van der Waals surface area contributed by atoms with E-state index in [-0.39, 0.29) is 28.7 Å². The second-order valence-corrected chi connectivity index (χ2v) is 11.1. The van der Waals surface area contributed by atoms with Gasteiger partial charge in [0.1, 0.15) is 0 Å². The Bertz CT molecular complexity index is 922. The zero-order chi connectivity index (χ0) is 22.0. The SMILES string of the molecule is Cc1ccc(C(=O)N[C@H]2CC[C@H]3[C@@H]4CC[C@H]5N(C)C(=O)C=C[C@]5(C)[C@H]4CC[C@]23C)cc1. The van der Waals surface area contributed by atoms with E-state index in [2.05, 4.69) is 25.2 Å². The van der Waals surface area contributed by atoms with Crippen molar-refractivity contribution in [3.8, 4) is 0 Å². The smallest absolute Gasteiger partial charge is 0.251 e. The van der Waals surface area contributed by atoms with E-state index in [1.54, 1.807) is 0 Å². The number of nitrogens with zero attached hydrogens (tertiary/aromatic N) is 1. The lowest BCUT2D eigenvalue weighted by molar-refractivity contribution is -0.138. The molecule has 1 N–H and O–H groups in total. The minimum absolute atomic E-state index is 0.0695. The van der Waals surface area contributed by atoms with E-state index in [1.165, 1.54) is 24.8 Å². The molecule has 4 nitrogen and oxygen atoms in total. The van der Waals surface area contributed by atoms with E-state index in [1.807, 2.05) is 49.2 Å². The largest absolute Gasteiger partial charge is 0.349 e. The summed E-state index contributed by atoms with van der Waals surface area (Å²) in [5, 5.41) is 3.42. The van der Waals surface area contributed by atoms with Crippen molar-refractivity contribution < 1.29 is 9.59 Å². The predicted octanol–water partition coefficient (Wildman–Crippen LogP) is 4.73. The van der Waals surface area contributed by atoms with Gasteiger partial charge < -0.3 is 10.2 Å². The quantitative estimate of drug-likeness (QED) is 0.752. The summed E-state index contributed by atoms with van der Waals surface area (Å²) in [6.45, 7) is 6.87. The summed E-state index contributed by atoms with van der Waals surface area (Å²) in [4.78, 5) is 27.2. The molecule has 1 aliphatic heterocycles. The summed E-state index contributed by atoms with van der Waals surface area (Å²) in [5.74, 6) is 2.19. The van der Waals surface area contributed by atoms with Crippen molar-refractivity contribution in [2.75, 3.05) is 7.05 Å². The number of rotatable bonds is 2. The third-order valence-electron chi connectivity index (χ3n) is 9.75. The second kappa shape index (κ2) is 7.21. The first-order valence-corrected chi connectivity index (χ1v) is 12.1. The molecule has 0 radical (unpaired) electrons. The van der Waals surface area contributed by atoms with Crippen LogP contribution in [0.15, 0.2) is 36.4 Å². The highest BCUT2D eigenvalue weighted by molar-refractivity contribution is 5.94. The molecule has 1 heterocycles. The van der Waals surface area contributed by atoms with Gasteiger partial charge in [-0.15, -0.1) is 0 Å². The van der Waals surface area contributed by atoms with Crippen LogP contribution in [0.5, 0.6) is 0 Å². The molecule has 3 fully saturated rings. The van der Waals surface area contributed by atoms with Crippen molar-refractivity contribution in [1.29, 1.82) is 0 Å². The van der Waals surface area contributed by atoms with Gasteiger partial charge in [-0.3, -0.25) is 9.59 Å². The van der Waals surface area contributed by atoms with E-state index in [0.29, 0.717) is 23.8 Å². The number of benzene rings is 1. The maximum atomic E-state index is 13.0. The molecule has 0 bridgehead atoms. The third kappa shape index (κ3) is 3.08. The van der Waals surface area contributed by atoms with Gasteiger partial charge in [-0.25, -0.2) is 0 Å². The Balaban J connectivity index is 1.36. The Morgan fingerprint density at radius 1 is 1.03 bits per heavy atom. The summed E-state index contributed by atoms with van der Waals surface area (Å²) in [7, 11) is 1.98. The van der Waals surface area contributed by atoms with E-state index in [4.69, 9.17) is 0 Å². The number of nitrogens with one attached hydrogen (secondary N) is 1. The summed E-state index contributed by atoms with van der Waals surface area (Å²) in [6.07, 6.45) is 11.0. The highest BCUT2D eigenvalue weighted by Crippen LogP contribution is 2.63. The van der Waals surface area contributed by atoms with Gasteiger partial charge in [0.2, 0.25) is 5.91 Å². The lowest BCUT2D eigenvalue weighted by Gasteiger charge is -2.60. The van der Waals surface area contributed by atoms with Crippen LogP contribution in [0.3, 0.4) is 0 Å². The van der Waals surface area contributed by atoms with E-state index in [0.717, 1.165) is 24.8 Å². The maximum absolute atomic E-state index is 13.0. The first-order valence-electron chi connectivity index (χ1n) is 12.1. The molecule has 3 saturated carbocycles. The zero-order valence-corrected chi connectivity index (χ0v) is 19.4. The van der Waals surface area contributed by atoms with Crippen molar-refractivity contribution in [1.82, 2.24) is 10.2 Å². The predicted molar refractivity (Wildman–Crippen MR) is 123 cm³/mol. The van der Waals surface area contributed by atoms with E-state index in [9.17, 15) is 9.59 Å². The van der Waals surface area contributed by atoms with Crippen LogP contribution < -0.4 is 5.32 Å². The monoisotopic (exact) mass is 420 g/mol. The van der Waals surface area contributed by atoms with Crippen molar-refractivity contribution in [3.05, 3.63) is 47.5 Å². The zero-order valence-electron chi connectivity index (χ0n) is 19.4. The van der Waals surface area contributed by atoms with Crippen molar-refractivity contribution in [2.45, 2.75) is 71.4 Å². The molecule has 0 spiro atoms. The Morgan fingerprint density at radius 2 is 1.77 bits per heavy atom. The third-order valence-corrected chi connectivity index (χ3v) is 9.75. The number of amides is 2. The van der Waals surface area contributed by atoms with E-state index < -0.39 is 0 Å².